The molecule has 1 aromatic carbocycles. The molecule has 0 unspecified atom stereocenters. The molecule has 15 heavy (non-hydrogen) atoms. The Morgan fingerprint density at radius 3 is 2.87 bits per heavy atom. The molecule has 0 aliphatic heterocycles. The molecule has 0 aliphatic rings. The quantitative estimate of drug-likeness (QED) is 0.761. The zero-order chi connectivity index (χ0) is 11.1. The molecule has 0 spiro atoms. The molecular weight excluding hydrogens is 215 g/mol. The molecule has 1 aromatic rings. The molecule has 1 N–H and O–H groups in total. The molecule has 0 amide bonds. The van der Waals surface area contributed by atoms with Crippen LogP contribution >= 0.6 is 11.8 Å². The molecule has 4 heteroatoms. The first-order chi connectivity index (χ1) is 7.27. The number of hydrogen-bond acceptors (Lipinski definition) is 3. The number of ether oxygens (including phenoxy) is 1. The highest BCUT2D eigenvalue weighted by Crippen LogP contribution is 2.18. The average Bonchev–Trinajstić information content (AvgIpc) is 2.26. The van der Waals surface area contributed by atoms with Gasteiger partial charge in [-0.25, -0.2) is 4.39 Å². The van der Waals surface area contributed by atoms with Crippen LogP contribution in [0.25, 0.3) is 0 Å². The molecule has 0 heterocycles. The number of aliphatic hydroxyl groups is 1. The van der Waals surface area contributed by atoms with Crippen molar-refractivity contribution >= 4 is 11.8 Å². The van der Waals surface area contributed by atoms with Gasteiger partial charge in [0.25, 0.3) is 0 Å². The summed E-state index contributed by atoms with van der Waals surface area (Å²) in [5, 5.41) is 8.79. The largest absolute Gasteiger partial charge is 0.490 e. The molecule has 0 aliphatic carbocycles. The van der Waals surface area contributed by atoms with E-state index in [0.717, 1.165) is 12.2 Å². The van der Waals surface area contributed by atoms with Gasteiger partial charge in [-0.15, -0.1) is 0 Å². The van der Waals surface area contributed by atoms with Crippen LogP contribution in [0, 0.1) is 5.82 Å². The highest BCUT2D eigenvalue weighted by Gasteiger charge is 2.03. The van der Waals surface area contributed by atoms with E-state index in [9.17, 15) is 4.39 Å². The Morgan fingerprint density at radius 2 is 2.27 bits per heavy atom. The van der Waals surface area contributed by atoms with Gasteiger partial charge >= 0.3 is 0 Å². The van der Waals surface area contributed by atoms with Crippen LogP contribution in [0.15, 0.2) is 18.2 Å². The van der Waals surface area contributed by atoms with Crippen molar-refractivity contribution in [2.45, 2.75) is 13.0 Å². The van der Waals surface area contributed by atoms with Gasteiger partial charge in [-0.05, 0) is 36.1 Å². The topological polar surface area (TPSA) is 29.5 Å². The van der Waals surface area contributed by atoms with Gasteiger partial charge in [0.1, 0.15) is 0 Å². The molecule has 0 aromatic heterocycles. The van der Waals surface area contributed by atoms with Crippen molar-refractivity contribution in [1.29, 1.82) is 0 Å². The van der Waals surface area contributed by atoms with Crippen LogP contribution in [0.5, 0.6) is 5.75 Å². The van der Waals surface area contributed by atoms with Gasteiger partial charge in [-0.3, -0.25) is 0 Å². The molecule has 0 fully saturated rings. The van der Waals surface area contributed by atoms with E-state index in [1.54, 1.807) is 23.9 Å². The predicted octanol–water partition coefficient (Wildman–Crippen LogP) is 2.45. The van der Waals surface area contributed by atoms with Crippen molar-refractivity contribution in [3.05, 3.63) is 29.6 Å². The second kappa shape index (κ2) is 6.69. The van der Waals surface area contributed by atoms with Gasteiger partial charge < -0.3 is 9.84 Å². The molecule has 0 bridgehead atoms. The second-order valence-electron chi connectivity index (χ2n) is 3.12. The summed E-state index contributed by atoms with van der Waals surface area (Å²) in [7, 11) is 0. The van der Waals surface area contributed by atoms with Crippen LogP contribution in [-0.2, 0) is 6.61 Å². The Hall–Kier alpha value is -0.740. The van der Waals surface area contributed by atoms with E-state index < -0.39 is 5.82 Å². The Labute approximate surface area is 93.5 Å². The van der Waals surface area contributed by atoms with Crippen molar-refractivity contribution in [2.75, 3.05) is 18.6 Å². The minimum absolute atomic E-state index is 0.149. The number of aliphatic hydroxyl groups excluding tert-OH is 1. The van der Waals surface area contributed by atoms with Crippen molar-refractivity contribution in [2.24, 2.45) is 0 Å². The summed E-state index contributed by atoms with van der Waals surface area (Å²) < 4.78 is 18.6. The van der Waals surface area contributed by atoms with E-state index >= 15 is 0 Å². The molecule has 0 saturated carbocycles. The van der Waals surface area contributed by atoms with Crippen molar-refractivity contribution in [1.82, 2.24) is 0 Å². The summed E-state index contributed by atoms with van der Waals surface area (Å²) in [6.45, 7) is 0.375. The molecule has 0 atom stereocenters. The van der Waals surface area contributed by atoms with Crippen molar-refractivity contribution < 1.29 is 14.2 Å². The molecular formula is C11H15FO2S. The van der Waals surface area contributed by atoms with E-state index in [-0.39, 0.29) is 12.4 Å². The number of halogens is 1. The summed E-state index contributed by atoms with van der Waals surface area (Å²) in [4.78, 5) is 0. The lowest BCUT2D eigenvalue weighted by atomic mass is 10.2. The third-order valence-electron chi connectivity index (χ3n) is 1.93. The van der Waals surface area contributed by atoms with Crippen LogP contribution in [-0.4, -0.2) is 23.7 Å². The maximum atomic E-state index is 13.3. The minimum atomic E-state index is -0.411. The van der Waals surface area contributed by atoms with Gasteiger partial charge in [0.05, 0.1) is 13.2 Å². The maximum Gasteiger partial charge on any atom is 0.165 e. The normalized spacial score (nSPS) is 10.3. The second-order valence-corrected chi connectivity index (χ2v) is 4.10. The highest BCUT2D eigenvalue weighted by atomic mass is 32.2. The maximum absolute atomic E-state index is 13.3. The zero-order valence-electron chi connectivity index (χ0n) is 8.70. The average molecular weight is 230 g/mol. The third-order valence-corrected chi connectivity index (χ3v) is 2.63. The Kier molecular flexibility index (Phi) is 5.50. The van der Waals surface area contributed by atoms with E-state index in [0.29, 0.717) is 12.2 Å². The summed E-state index contributed by atoms with van der Waals surface area (Å²) in [5.74, 6) is 0.857. The lowest BCUT2D eigenvalue weighted by molar-refractivity contribution is 0.278. The predicted molar refractivity (Wildman–Crippen MR) is 60.8 cm³/mol. The standard InChI is InChI=1S/C11H15FO2S/c1-15-6-2-5-14-11-4-3-9(8-13)7-10(11)12/h3-4,7,13H,2,5-6,8H2,1H3. The third kappa shape index (κ3) is 4.10. The smallest absolute Gasteiger partial charge is 0.165 e. The van der Waals surface area contributed by atoms with E-state index in [1.165, 1.54) is 6.07 Å². The molecule has 0 radical (unpaired) electrons. The molecule has 84 valence electrons. The fourth-order valence-corrected chi connectivity index (χ4v) is 1.55. The Morgan fingerprint density at radius 1 is 1.47 bits per heavy atom. The van der Waals surface area contributed by atoms with Crippen LogP contribution < -0.4 is 4.74 Å². The van der Waals surface area contributed by atoms with E-state index in [1.807, 2.05) is 6.26 Å². The van der Waals surface area contributed by atoms with Gasteiger partial charge in [-0.2, -0.15) is 11.8 Å². The monoisotopic (exact) mass is 230 g/mol. The Bertz CT molecular complexity index is 305. The van der Waals surface area contributed by atoms with E-state index in [4.69, 9.17) is 9.84 Å². The van der Waals surface area contributed by atoms with Gasteiger partial charge in [0, 0.05) is 0 Å². The number of rotatable bonds is 6. The first-order valence-corrected chi connectivity index (χ1v) is 6.18. The van der Waals surface area contributed by atoms with Crippen molar-refractivity contribution in [3.63, 3.8) is 0 Å². The summed E-state index contributed by atoms with van der Waals surface area (Å²) in [5.41, 5.74) is 0.559. The summed E-state index contributed by atoms with van der Waals surface area (Å²) in [6.07, 6.45) is 2.93. The van der Waals surface area contributed by atoms with E-state index in [2.05, 4.69) is 0 Å². The molecule has 1 rings (SSSR count). The van der Waals surface area contributed by atoms with Crippen LogP contribution in [0.4, 0.5) is 4.39 Å². The summed E-state index contributed by atoms with van der Waals surface area (Å²) >= 11 is 1.74. The zero-order valence-corrected chi connectivity index (χ0v) is 9.52. The van der Waals surface area contributed by atoms with Crippen LogP contribution in [0.1, 0.15) is 12.0 Å². The van der Waals surface area contributed by atoms with Crippen LogP contribution in [0.3, 0.4) is 0 Å². The fourth-order valence-electron chi connectivity index (χ4n) is 1.15. The lowest BCUT2D eigenvalue weighted by Gasteiger charge is -2.07. The van der Waals surface area contributed by atoms with Gasteiger partial charge in [0.15, 0.2) is 11.6 Å². The fraction of sp³-hybridized carbons (Fsp3) is 0.455. The SMILES string of the molecule is CSCCCOc1ccc(CO)cc1F. The summed E-state index contributed by atoms with van der Waals surface area (Å²) in [6, 6.07) is 4.51. The molecule has 0 saturated heterocycles. The molecule has 2 nitrogen and oxygen atoms in total. The number of benzene rings is 1. The number of thioether (sulfide) groups is 1. The van der Waals surface area contributed by atoms with Crippen molar-refractivity contribution in [3.8, 4) is 5.75 Å². The first-order valence-electron chi connectivity index (χ1n) is 4.79. The number of hydrogen-bond donors (Lipinski definition) is 1. The first kappa shape index (κ1) is 12.3. The Balaban J connectivity index is 2.47. The lowest BCUT2D eigenvalue weighted by Crippen LogP contribution is -2.00. The van der Waals surface area contributed by atoms with Crippen LogP contribution in [0.2, 0.25) is 0 Å². The highest BCUT2D eigenvalue weighted by molar-refractivity contribution is 7.98. The minimum Gasteiger partial charge on any atom is -0.490 e. The van der Waals surface area contributed by atoms with Gasteiger partial charge in [0.2, 0.25) is 0 Å². The van der Waals surface area contributed by atoms with Gasteiger partial charge in [-0.1, -0.05) is 6.07 Å².